The number of carbonyl (C=O) groups excluding carboxylic acids is 2. The standard InChI is InChI=1S/C21H27N3O2/c1-4-20(17-9-7-6-8-10-17)24(5-2)15-21(26)23-19-13-11-18(12-14-19)22-16(3)25/h6-14,20H,4-5,15H2,1-3H3,(H,22,25)(H,23,26). The lowest BCUT2D eigenvalue weighted by molar-refractivity contribution is -0.118. The van der Waals surface area contributed by atoms with Gasteiger partial charge in [0.2, 0.25) is 11.8 Å². The molecule has 1 atom stereocenters. The van der Waals surface area contributed by atoms with E-state index < -0.39 is 0 Å². The highest BCUT2D eigenvalue weighted by molar-refractivity contribution is 5.93. The quantitative estimate of drug-likeness (QED) is 0.752. The summed E-state index contributed by atoms with van der Waals surface area (Å²) in [6, 6.07) is 17.6. The third-order valence-corrected chi connectivity index (χ3v) is 4.25. The fourth-order valence-corrected chi connectivity index (χ4v) is 3.05. The van der Waals surface area contributed by atoms with Gasteiger partial charge in [-0.25, -0.2) is 0 Å². The van der Waals surface area contributed by atoms with Crippen LogP contribution in [0.25, 0.3) is 0 Å². The molecule has 1 unspecified atom stereocenters. The van der Waals surface area contributed by atoms with Gasteiger partial charge in [-0.05, 0) is 42.8 Å². The van der Waals surface area contributed by atoms with Crippen molar-refractivity contribution in [3.8, 4) is 0 Å². The number of likely N-dealkylation sites (N-methyl/N-ethyl adjacent to an activating group) is 1. The van der Waals surface area contributed by atoms with Crippen molar-refractivity contribution in [3.05, 3.63) is 60.2 Å². The normalized spacial score (nSPS) is 11.8. The van der Waals surface area contributed by atoms with Gasteiger partial charge in [0.05, 0.1) is 6.54 Å². The van der Waals surface area contributed by atoms with E-state index in [1.165, 1.54) is 12.5 Å². The lowest BCUT2D eigenvalue weighted by atomic mass is 10.0. The highest BCUT2D eigenvalue weighted by atomic mass is 16.2. The van der Waals surface area contributed by atoms with Crippen LogP contribution >= 0.6 is 0 Å². The first kappa shape index (κ1) is 19.7. The van der Waals surface area contributed by atoms with Crippen LogP contribution in [0.1, 0.15) is 38.8 Å². The summed E-state index contributed by atoms with van der Waals surface area (Å²) in [7, 11) is 0. The fourth-order valence-electron chi connectivity index (χ4n) is 3.05. The van der Waals surface area contributed by atoms with E-state index in [1.807, 2.05) is 18.2 Å². The molecule has 2 amide bonds. The molecule has 26 heavy (non-hydrogen) atoms. The van der Waals surface area contributed by atoms with Crippen molar-refractivity contribution in [1.82, 2.24) is 4.90 Å². The molecule has 0 aromatic heterocycles. The van der Waals surface area contributed by atoms with Crippen molar-refractivity contribution in [3.63, 3.8) is 0 Å². The molecule has 0 saturated carbocycles. The summed E-state index contributed by atoms with van der Waals surface area (Å²) in [5.41, 5.74) is 2.65. The molecule has 138 valence electrons. The molecule has 0 radical (unpaired) electrons. The van der Waals surface area contributed by atoms with E-state index in [-0.39, 0.29) is 17.9 Å². The largest absolute Gasteiger partial charge is 0.326 e. The molecule has 2 aromatic rings. The predicted molar refractivity (Wildman–Crippen MR) is 106 cm³/mol. The Hall–Kier alpha value is -2.66. The van der Waals surface area contributed by atoms with Crippen molar-refractivity contribution >= 4 is 23.2 Å². The first-order chi connectivity index (χ1) is 12.5. The number of nitrogens with zero attached hydrogens (tertiary/aromatic N) is 1. The molecule has 5 nitrogen and oxygen atoms in total. The predicted octanol–water partition coefficient (Wildman–Crippen LogP) is 4.06. The molecule has 2 aromatic carbocycles. The van der Waals surface area contributed by atoms with Gasteiger partial charge in [0.1, 0.15) is 0 Å². The maximum Gasteiger partial charge on any atom is 0.238 e. The van der Waals surface area contributed by atoms with Gasteiger partial charge in [-0.1, -0.05) is 44.2 Å². The van der Waals surface area contributed by atoms with Crippen LogP contribution in [0, 0.1) is 0 Å². The topological polar surface area (TPSA) is 61.4 Å². The van der Waals surface area contributed by atoms with E-state index in [1.54, 1.807) is 24.3 Å². The molecule has 0 heterocycles. The average Bonchev–Trinajstić information content (AvgIpc) is 2.63. The third-order valence-electron chi connectivity index (χ3n) is 4.25. The van der Waals surface area contributed by atoms with Crippen LogP contribution < -0.4 is 10.6 Å². The van der Waals surface area contributed by atoms with Gasteiger partial charge >= 0.3 is 0 Å². The van der Waals surface area contributed by atoms with Gasteiger partial charge < -0.3 is 10.6 Å². The second-order valence-electron chi connectivity index (χ2n) is 6.20. The molecule has 2 rings (SSSR count). The van der Waals surface area contributed by atoms with Gasteiger partial charge in [-0.3, -0.25) is 14.5 Å². The molecule has 0 aliphatic carbocycles. The molecule has 0 aliphatic rings. The molecule has 2 N–H and O–H groups in total. The number of nitrogens with one attached hydrogen (secondary N) is 2. The Kier molecular flexibility index (Phi) is 7.36. The number of hydrogen-bond acceptors (Lipinski definition) is 3. The van der Waals surface area contributed by atoms with Crippen molar-refractivity contribution in [2.24, 2.45) is 0 Å². The van der Waals surface area contributed by atoms with E-state index in [9.17, 15) is 9.59 Å². The number of rotatable bonds is 8. The van der Waals surface area contributed by atoms with Crippen molar-refractivity contribution in [1.29, 1.82) is 0 Å². The first-order valence-electron chi connectivity index (χ1n) is 9.00. The minimum absolute atomic E-state index is 0.0477. The molecule has 0 fully saturated rings. The highest BCUT2D eigenvalue weighted by Gasteiger charge is 2.19. The zero-order valence-electron chi connectivity index (χ0n) is 15.7. The maximum atomic E-state index is 12.5. The van der Waals surface area contributed by atoms with Gasteiger partial charge in [0.25, 0.3) is 0 Å². The molecule has 0 bridgehead atoms. The SMILES string of the molecule is CCC(c1ccccc1)N(CC)CC(=O)Nc1ccc(NC(C)=O)cc1. The smallest absolute Gasteiger partial charge is 0.238 e. The second kappa shape index (κ2) is 9.73. The Morgan fingerprint density at radius 2 is 1.50 bits per heavy atom. The van der Waals surface area contributed by atoms with Crippen LogP contribution in [0.4, 0.5) is 11.4 Å². The summed E-state index contributed by atoms with van der Waals surface area (Å²) in [6.45, 7) is 6.80. The number of hydrogen-bond donors (Lipinski definition) is 2. The molecular weight excluding hydrogens is 326 g/mol. The lowest BCUT2D eigenvalue weighted by Crippen LogP contribution is -2.36. The molecule has 5 heteroatoms. The van der Waals surface area contributed by atoms with Crippen molar-refractivity contribution in [2.75, 3.05) is 23.7 Å². The molecule has 0 aliphatic heterocycles. The van der Waals surface area contributed by atoms with Gasteiger partial charge in [0, 0.05) is 24.3 Å². The minimum Gasteiger partial charge on any atom is -0.326 e. The number of amides is 2. The van der Waals surface area contributed by atoms with Crippen LogP contribution in [-0.4, -0.2) is 29.8 Å². The monoisotopic (exact) mass is 353 g/mol. The Bertz CT molecular complexity index is 714. The summed E-state index contributed by atoms with van der Waals surface area (Å²) in [6.07, 6.45) is 0.941. The van der Waals surface area contributed by atoms with E-state index in [0.29, 0.717) is 17.9 Å². The van der Waals surface area contributed by atoms with E-state index in [2.05, 4.69) is 41.5 Å². The van der Waals surface area contributed by atoms with Crippen molar-refractivity contribution in [2.45, 2.75) is 33.2 Å². The summed E-state index contributed by atoms with van der Waals surface area (Å²) in [4.78, 5) is 25.7. The van der Waals surface area contributed by atoms with Crippen LogP contribution in [0.3, 0.4) is 0 Å². The molecule has 0 spiro atoms. The summed E-state index contributed by atoms with van der Waals surface area (Å²) in [5.74, 6) is -0.166. The van der Waals surface area contributed by atoms with E-state index >= 15 is 0 Å². The van der Waals surface area contributed by atoms with Crippen LogP contribution in [0.2, 0.25) is 0 Å². The Labute approximate surface area is 155 Å². The zero-order chi connectivity index (χ0) is 18.9. The zero-order valence-corrected chi connectivity index (χ0v) is 15.7. The van der Waals surface area contributed by atoms with Crippen LogP contribution in [0.5, 0.6) is 0 Å². The number of anilines is 2. The van der Waals surface area contributed by atoms with Crippen LogP contribution in [-0.2, 0) is 9.59 Å². The van der Waals surface area contributed by atoms with Crippen molar-refractivity contribution < 1.29 is 9.59 Å². The first-order valence-corrected chi connectivity index (χ1v) is 9.00. The van der Waals surface area contributed by atoms with E-state index in [0.717, 1.165) is 13.0 Å². The summed E-state index contributed by atoms with van der Waals surface area (Å²) in [5, 5.41) is 5.63. The van der Waals surface area contributed by atoms with Gasteiger partial charge in [-0.2, -0.15) is 0 Å². The number of benzene rings is 2. The second-order valence-corrected chi connectivity index (χ2v) is 6.20. The third kappa shape index (κ3) is 5.70. The van der Waals surface area contributed by atoms with Crippen LogP contribution in [0.15, 0.2) is 54.6 Å². The summed E-state index contributed by atoms with van der Waals surface area (Å²) >= 11 is 0. The Morgan fingerprint density at radius 3 is 2.00 bits per heavy atom. The summed E-state index contributed by atoms with van der Waals surface area (Å²) < 4.78 is 0. The highest BCUT2D eigenvalue weighted by Crippen LogP contribution is 2.23. The van der Waals surface area contributed by atoms with Gasteiger partial charge in [0.15, 0.2) is 0 Å². The minimum atomic E-state index is -0.119. The Balaban J connectivity index is 1.99. The lowest BCUT2D eigenvalue weighted by Gasteiger charge is -2.29. The fraction of sp³-hybridized carbons (Fsp3) is 0.333. The molecular formula is C21H27N3O2. The molecule has 0 saturated heterocycles. The Morgan fingerprint density at radius 1 is 0.923 bits per heavy atom. The average molecular weight is 353 g/mol. The van der Waals surface area contributed by atoms with Gasteiger partial charge in [-0.15, -0.1) is 0 Å². The number of carbonyl (C=O) groups is 2. The maximum absolute atomic E-state index is 12.5. The van der Waals surface area contributed by atoms with E-state index in [4.69, 9.17) is 0 Å².